The minimum absolute atomic E-state index is 0.0467. The maximum atomic E-state index is 11.7. The van der Waals surface area contributed by atoms with Crippen LogP contribution in [0.25, 0.3) is 0 Å². The molecule has 0 saturated carbocycles. The number of nitrogens with zero attached hydrogens (tertiary/aromatic N) is 2. The zero-order valence-corrected chi connectivity index (χ0v) is 17.3. The lowest BCUT2D eigenvalue weighted by atomic mass is 9.92. The first kappa shape index (κ1) is 22.4. The summed E-state index contributed by atoms with van der Waals surface area (Å²) in [7, 11) is 0. The highest BCUT2D eigenvalue weighted by molar-refractivity contribution is 5.72. The van der Waals surface area contributed by atoms with Crippen LogP contribution in [-0.4, -0.2) is 74.9 Å². The Hall–Kier alpha value is -0.650. The van der Waals surface area contributed by atoms with Crippen molar-refractivity contribution in [1.82, 2.24) is 9.80 Å². The molecule has 0 spiro atoms. The first-order valence-electron chi connectivity index (χ1n) is 9.88. The number of carbonyl (C=O) groups is 1. The van der Waals surface area contributed by atoms with Gasteiger partial charge in [-0.25, -0.2) is 0 Å². The van der Waals surface area contributed by atoms with Crippen LogP contribution in [0.2, 0.25) is 0 Å². The molecular formula is C20H40N2O3. The molecule has 0 aromatic heterocycles. The van der Waals surface area contributed by atoms with E-state index in [4.69, 9.17) is 9.47 Å². The molecule has 0 amide bonds. The van der Waals surface area contributed by atoms with Crippen molar-refractivity contribution in [2.24, 2.45) is 17.3 Å². The highest BCUT2D eigenvalue weighted by atomic mass is 16.6. The van der Waals surface area contributed by atoms with Gasteiger partial charge < -0.3 is 14.4 Å². The molecule has 1 heterocycles. The van der Waals surface area contributed by atoms with Gasteiger partial charge in [0.25, 0.3) is 0 Å². The van der Waals surface area contributed by atoms with Gasteiger partial charge in [0.05, 0.1) is 19.1 Å². The number of ether oxygens (including phenoxy) is 2. The fourth-order valence-electron chi connectivity index (χ4n) is 2.63. The molecule has 0 aliphatic carbocycles. The second kappa shape index (κ2) is 11.1. The van der Waals surface area contributed by atoms with Gasteiger partial charge in [0.15, 0.2) is 0 Å². The van der Waals surface area contributed by atoms with Gasteiger partial charge in [0.2, 0.25) is 0 Å². The quantitative estimate of drug-likeness (QED) is 0.445. The van der Waals surface area contributed by atoms with Crippen LogP contribution in [0, 0.1) is 17.3 Å². The molecule has 1 atom stereocenters. The van der Waals surface area contributed by atoms with Crippen LogP contribution < -0.4 is 0 Å². The fraction of sp³-hybridized carbons (Fsp3) is 0.950. The lowest BCUT2D eigenvalue weighted by molar-refractivity contribution is -0.151. The van der Waals surface area contributed by atoms with Gasteiger partial charge >= 0.3 is 5.97 Å². The number of esters is 1. The van der Waals surface area contributed by atoms with Crippen LogP contribution in [0.3, 0.4) is 0 Å². The molecule has 1 saturated heterocycles. The third-order valence-electron chi connectivity index (χ3n) is 5.04. The van der Waals surface area contributed by atoms with E-state index in [2.05, 4.69) is 30.6 Å². The molecule has 5 heteroatoms. The number of piperazine rings is 1. The van der Waals surface area contributed by atoms with E-state index in [9.17, 15) is 4.79 Å². The summed E-state index contributed by atoms with van der Waals surface area (Å²) in [5.74, 6) is 0.148. The Morgan fingerprint density at radius 3 is 2.00 bits per heavy atom. The molecule has 25 heavy (non-hydrogen) atoms. The average molecular weight is 357 g/mol. The zero-order valence-electron chi connectivity index (χ0n) is 17.3. The molecule has 5 nitrogen and oxygen atoms in total. The van der Waals surface area contributed by atoms with Gasteiger partial charge in [-0.3, -0.25) is 9.69 Å². The summed E-state index contributed by atoms with van der Waals surface area (Å²) < 4.78 is 10.9. The molecule has 1 unspecified atom stereocenters. The van der Waals surface area contributed by atoms with Gasteiger partial charge in [0.1, 0.15) is 6.61 Å². The summed E-state index contributed by atoms with van der Waals surface area (Å²) in [5, 5.41) is 0. The van der Waals surface area contributed by atoms with Gasteiger partial charge in [-0.1, -0.05) is 41.5 Å². The first-order valence-corrected chi connectivity index (χ1v) is 9.88. The highest BCUT2D eigenvalue weighted by Crippen LogP contribution is 2.19. The van der Waals surface area contributed by atoms with Crippen molar-refractivity contribution in [2.75, 3.05) is 59.1 Å². The Morgan fingerprint density at radius 1 is 0.920 bits per heavy atom. The minimum atomic E-state index is -0.120. The molecule has 1 rings (SSSR count). The van der Waals surface area contributed by atoms with E-state index in [1.807, 2.05) is 20.8 Å². The monoisotopic (exact) mass is 356 g/mol. The summed E-state index contributed by atoms with van der Waals surface area (Å²) in [4.78, 5) is 16.7. The summed E-state index contributed by atoms with van der Waals surface area (Å²) in [5.41, 5.74) is 0.418. The number of hydrogen-bond acceptors (Lipinski definition) is 5. The van der Waals surface area contributed by atoms with Crippen molar-refractivity contribution >= 4 is 5.97 Å². The minimum Gasteiger partial charge on any atom is -0.463 e. The van der Waals surface area contributed by atoms with Crippen molar-refractivity contribution in [2.45, 2.75) is 48.0 Å². The summed E-state index contributed by atoms with van der Waals surface area (Å²) in [6.45, 7) is 21.2. The number of rotatable bonds is 10. The summed E-state index contributed by atoms with van der Waals surface area (Å²) in [6, 6.07) is 0. The lowest BCUT2D eigenvalue weighted by Gasteiger charge is -2.35. The van der Waals surface area contributed by atoms with Crippen LogP contribution in [0.15, 0.2) is 0 Å². The standard InChI is InChI=1S/C20H40N2O3/c1-17(2)18(3)19(23)25-16-15-24-14-13-22-11-9-21(10-12-22)8-7-20(4,5)6/h17-18H,7-16H2,1-6H3. The first-order chi connectivity index (χ1) is 11.7. The molecule has 0 bridgehead atoms. The normalized spacial score (nSPS) is 18.5. The van der Waals surface area contributed by atoms with Crippen molar-refractivity contribution in [3.05, 3.63) is 0 Å². The lowest BCUT2D eigenvalue weighted by Crippen LogP contribution is -2.47. The van der Waals surface area contributed by atoms with Crippen molar-refractivity contribution in [3.8, 4) is 0 Å². The predicted octanol–water partition coefficient (Wildman–Crippen LogP) is 2.89. The van der Waals surface area contributed by atoms with Gasteiger partial charge in [-0.05, 0) is 24.3 Å². The Morgan fingerprint density at radius 2 is 1.48 bits per heavy atom. The molecule has 0 N–H and O–H groups in total. The molecular weight excluding hydrogens is 316 g/mol. The average Bonchev–Trinajstić information content (AvgIpc) is 2.55. The van der Waals surface area contributed by atoms with Crippen LogP contribution in [-0.2, 0) is 14.3 Å². The number of hydrogen-bond donors (Lipinski definition) is 0. The van der Waals surface area contributed by atoms with Crippen molar-refractivity contribution in [1.29, 1.82) is 0 Å². The molecule has 0 aromatic rings. The summed E-state index contributed by atoms with van der Waals surface area (Å²) >= 11 is 0. The predicted molar refractivity (Wildman–Crippen MR) is 103 cm³/mol. The Bertz CT molecular complexity index is 372. The van der Waals surface area contributed by atoms with Crippen molar-refractivity contribution < 1.29 is 14.3 Å². The third kappa shape index (κ3) is 10.2. The SMILES string of the molecule is CC(C)C(C)C(=O)OCCOCCN1CCN(CCC(C)(C)C)CC1. The van der Waals surface area contributed by atoms with E-state index in [0.29, 0.717) is 31.2 Å². The Balaban J connectivity index is 2.01. The van der Waals surface area contributed by atoms with Crippen LogP contribution in [0.5, 0.6) is 0 Å². The van der Waals surface area contributed by atoms with E-state index in [1.54, 1.807) is 0 Å². The summed E-state index contributed by atoms with van der Waals surface area (Å²) in [6.07, 6.45) is 1.25. The van der Waals surface area contributed by atoms with Crippen LogP contribution >= 0.6 is 0 Å². The van der Waals surface area contributed by atoms with Crippen molar-refractivity contribution in [3.63, 3.8) is 0 Å². The fourth-order valence-corrected chi connectivity index (χ4v) is 2.63. The van der Waals surface area contributed by atoms with Gasteiger partial charge in [-0.2, -0.15) is 0 Å². The molecule has 0 radical (unpaired) electrons. The van der Waals surface area contributed by atoms with E-state index < -0.39 is 0 Å². The zero-order chi connectivity index (χ0) is 18.9. The smallest absolute Gasteiger partial charge is 0.308 e. The third-order valence-corrected chi connectivity index (χ3v) is 5.04. The van der Waals surface area contributed by atoms with Gasteiger partial charge in [-0.15, -0.1) is 0 Å². The Kier molecular flexibility index (Phi) is 9.98. The highest BCUT2D eigenvalue weighted by Gasteiger charge is 2.19. The molecule has 148 valence electrons. The maximum absolute atomic E-state index is 11.7. The topological polar surface area (TPSA) is 42.0 Å². The molecule has 1 aliphatic heterocycles. The molecule has 0 aromatic carbocycles. The van der Waals surface area contributed by atoms with E-state index in [0.717, 1.165) is 32.7 Å². The van der Waals surface area contributed by atoms with Crippen LogP contribution in [0.4, 0.5) is 0 Å². The van der Waals surface area contributed by atoms with E-state index in [-0.39, 0.29) is 11.9 Å². The molecule has 1 fully saturated rings. The maximum Gasteiger partial charge on any atom is 0.308 e. The van der Waals surface area contributed by atoms with Gasteiger partial charge in [0, 0.05) is 32.7 Å². The Labute approximate surface area is 155 Å². The van der Waals surface area contributed by atoms with E-state index in [1.165, 1.54) is 13.0 Å². The van der Waals surface area contributed by atoms with Crippen LogP contribution in [0.1, 0.15) is 48.0 Å². The largest absolute Gasteiger partial charge is 0.463 e. The second-order valence-corrected chi connectivity index (χ2v) is 8.81. The second-order valence-electron chi connectivity index (χ2n) is 8.81. The number of carbonyl (C=O) groups excluding carboxylic acids is 1. The van der Waals surface area contributed by atoms with E-state index >= 15 is 0 Å². The molecule has 1 aliphatic rings.